The van der Waals surface area contributed by atoms with Crippen LogP contribution in [0.1, 0.15) is 30.1 Å². The predicted octanol–water partition coefficient (Wildman–Crippen LogP) is 1.59. The maximum Gasteiger partial charge on any atom is 0.243 e. The monoisotopic (exact) mass is 350 g/mol. The lowest BCUT2D eigenvalue weighted by molar-refractivity contribution is -0.125. The minimum Gasteiger partial charge on any atom is -0.352 e. The molecule has 1 fully saturated rings. The Morgan fingerprint density at radius 1 is 1.25 bits per heavy atom. The average molecular weight is 350 g/mol. The molecule has 6 nitrogen and oxygen atoms in total. The normalized spacial score (nSPS) is 16.5. The molecule has 1 heterocycles. The number of carbonyl (C=O) groups excluding carboxylic acids is 2. The van der Waals surface area contributed by atoms with Gasteiger partial charge in [0.2, 0.25) is 15.9 Å². The van der Waals surface area contributed by atoms with Gasteiger partial charge in [0.25, 0.3) is 0 Å². The molecule has 2 rings (SSSR count). The standard InChI is InChI=1S/C17H22N2O4S/c1-3-10-18-17(21)15-8-11-19(12-9-15)24(22,23)16-6-4-14(5-7-16)13(2)20/h3-7,15H,1,8-12H2,2H3,(H,18,21). The maximum absolute atomic E-state index is 12.6. The molecule has 130 valence electrons. The average Bonchev–Trinajstić information content (AvgIpc) is 2.59. The molecule has 0 spiro atoms. The Kier molecular flexibility index (Phi) is 5.90. The van der Waals surface area contributed by atoms with Gasteiger partial charge in [-0.25, -0.2) is 8.42 Å². The Labute approximate surface area is 142 Å². The van der Waals surface area contributed by atoms with Crippen LogP contribution in [0, 0.1) is 5.92 Å². The Morgan fingerprint density at radius 3 is 2.33 bits per heavy atom. The molecule has 7 heteroatoms. The van der Waals surface area contributed by atoms with E-state index in [-0.39, 0.29) is 22.5 Å². The summed E-state index contributed by atoms with van der Waals surface area (Å²) >= 11 is 0. The third kappa shape index (κ3) is 4.10. The van der Waals surface area contributed by atoms with Gasteiger partial charge in [0, 0.05) is 31.1 Å². The Morgan fingerprint density at radius 2 is 1.83 bits per heavy atom. The maximum atomic E-state index is 12.6. The van der Waals surface area contributed by atoms with E-state index in [2.05, 4.69) is 11.9 Å². The molecule has 1 amide bonds. The zero-order chi connectivity index (χ0) is 17.7. The lowest BCUT2D eigenvalue weighted by Gasteiger charge is -2.30. The number of hydrogen-bond acceptors (Lipinski definition) is 4. The summed E-state index contributed by atoms with van der Waals surface area (Å²) in [7, 11) is -3.60. The van der Waals surface area contributed by atoms with Crippen LogP contribution in [-0.4, -0.2) is 44.0 Å². The zero-order valence-electron chi connectivity index (χ0n) is 13.7. The first kappa shape index (κ1) is 18.4. The number of amides is 1. The fourth-order valence-corrected chi connectivity index (χ4v) is 4.16. The largest absolute Gasteiger partial charge is 0.352 e. The highest BCUT2D eigenvalue weighted by Gasteiger charge is 2.31. The van der Waals surface area contributed by atoms with Crippen molar-refractivity contribution in [3.8, 4) is 0 Å². The van der Waals surface area contributed by atoms with Crippen LogP contribution in [0.15, 0.2) is 41.8 Å². The summed E-state index contributed by atoms with van der Waals surface area (Å²) in [5.41, 5.74) is 0.478. The minimum absolute atomic E-state index is 0.0576. The topological polar surface area (TPSA) is 83.6 Å². The summed E-state index contributed by atoms with van der Waals surface area (Å²) in [6, 6.07) is 5.94. The molecule has 1 aliphatic rings. The van der Waals surface area contributed by atoms with Gasteiger partial charge in [0.05, 0.1) is 4.90 Å². The molecule has 1 N–H and O–H groups in total. The van der Waals surface area contributed by atoms with E-state index in [1.165, 1.54) is 35.5 Å². The van der Waals surface area contributed by atoms with Gasteiger partial charge in [0.15, 0.2) is 5.78 Å². The summed E-state index contributed by atoms with van der Waals surface area (Å²) in [4.78, 5) is 23.4. The van der Waals surface area contributed by atoms with Crippen molar-refractivity contribution in [2.24, 2.45) is 5.92 Å². The second-order valence-corrected chi connectivity index (χ2v) is 7.73. The van der Waals surface area contributed by atoms with E-state index in [9.17, 15) is 18.0 Å². The first-order valence-electron chi connectivity index (χ1n) is 7.86. The van der Waals surface area contributed by atoms with E-state index < -0.39 is 10.0 Å². The minimum atomic E-state index is -3.60. The van der Waals surface area contributed by atoms with Gasteiger partial charge in [-0.2, -0.15) is 4.31 Å². The second-order valence-electron chi connectivity index (χ2n) is 5.79. The Balaban J connectivity index is 2.03. The van der Waals surface area contributed by atoms with Crippen molar-refractivity contribution < 1.29 is 18.0 Å². The SMILES string of the molecule is C=CCNC(=O)C1CCN(S(=O)(=O)c2ccc(C(C)=O)cc2)CC1. The second kappa shape index (κ2) is 7.72. The van der Waals surface area contributed by atoms with Crippen molar-refractivity contribution >= 4 is 21.7 Å². The molecule has 1 aliphatic heterocycles. The molecule has 0 radical (unpaired) electrons. The quantitative estimate of drug-likeness (QED) is 0.624. The molecule has 0 aromatic heterocycles. The highest BCUT2D eigenvalue weighted by atomic mass is 32.2. The van der Waals surface area contributed by atoms with Gasteiger partial charge in [-0.3, -0.25) is 9.59 Å². The molecule has 0 saturated carbocycles. The van der Waals surface area contributed by atoms with Crippen LogP contribution in [0.5, 0.6) is 0 Å². The van der Waals surface area contributed by atoms with E-state index in [1.807, 2.05) is 0 Å². The molecule has 1 saturated heterocycles. The third-order valence-electron chi connectivity index (χ3n) is 4.14. The first-order chi connectivity index (χ1) is 11.4. The van der Waals surface area contributed by atoms with Crippen molar-refractivity contribution in [1.29, 1.82) is 0 Å². The van der Waals surface area contributed by atoms with Crippen LogP contribution < -0.4 is 5.32 Å². The van der Waals surface area contributed by atoms with Crippen LogP contribution in [0.3, 0.4) is 0 Å². The van der Waals surface area contributed by atoms with Crippen LogP contribution in [0.25, 0.3) is 0 Å². The summed E-state index contributed by atoms with van der Waals surface area (Å²) in [5.74, 6) is -0.334. The number of hydrogen-bond donors (Lipinski definition) is 1. The van der Waals surface area contributed by atoms with Gasteiger partial charge in [-0.15, -0.1) is 6.58 Å². The number of carbonyl (C=O) groups is 2. The lowest BCUT2D eigenvalue weighted by atomic mass is 9.97. The number of benzene rings is 1. The summed E-state index contributed by atoms with van der Waals surface area (Å²) in [5, 5.41) is 2.75. The van der Waals surface area contributed by atoms with Crippen molar-refractivity contribution in [2.75, 3.05) is 19.6 Å². The molecule has 1 aromatic rings. The third-order valence-corrected chi connectivity index (χ3v) is 6.06. The Hall–Kier alpha value is -1.99. The highest BCUT2D eigenvalue weighted by molar-refractivity contribution is 7.89. The van der Waals surface area contributed by atoms with Crippen LogP contribution in [0.2, 0.25) is 0 Å². The van der Waals surface area contributed by atoms with Gasteiger partial charge < -0.3 is 5.32 Å². The number of ketones is 1. The summed E-state index contributed by atoms with van der Waals surface area (Å²) in [6.45, 7) is 6.02. The van der Waals surface area contributed by atoms with Crippen molar-refractivity contribution in [2.45, 2.75) is 24.7 Å². The van der Waals surface area contributed by atoms with Gasteiger partial charge >= 0.3 is 0 Å². The first-order valence-corrected chi connectivity index (χ1v) is 9.30. The van der Waals surface area contributed by atoms with E-state index in [1.54, 1.807) is 6.08 Å². The fourth-order valence-electron chi connectivity index (χ4n) is 2.69. The van der Waals surface area contributed by atoms with E-state index in [0.29, 0.717) is 38.0 Å². The number of nitrogens with one attached hydrogen (secondary N) is 1. The zero-order valence-corrected chi connectivity index (χ0v) is 14.5. The molecular formula is C17H22N2O4S. The van der Waals surface area contributed by atoms with Gasteiger partial charge in [0.1, 0.15) is 0 Å². The summed E-state index contributed by atoms with van der Waals surface area (Å²) < 4.78 is 26.7. The highest BCUT2D eigenvalue weighted by Crippen LogP contribution is 2.24. The van der Waals surface area contributed by atoms with E-state index >= 15 is 0 Å². The molecule has 0 aliphatic carbocycles. The van der Waals surface area contributed by atoms with Gasteiger partial charge in [-0.1, -0.05) is 18.2 Å². The number of piperidine rings is 1. The van der Waals surface area contributed by atoms with Gasteiger partial charge in [-0.05, 0) is 31.9 Å². The molecule has 0 bridgehead atoms. The number of nitrogens with zero attached hydrogens (tertiary/aromatic N) is 1. The van der Waals surface area contributed by atoms with E-state index in [0.717, 1.165) is 0 Å². The van der Waals surface area contributed by atoms with Crippen LogP contribution in [-0.2, 0) is 14.8 Å². The number of rotatable bonds is 6. The van der Waals surface area contributed by atoms with Crippen LogP contribution in [0.4, 0.5) is 0 Å². The predicted molar refractivity (Wildman–Crippen MR) is 91.1 cm³/mol. The van der Waals surface area contributed by atoms with Crippen molar-refractivity contribution in [3.63, 3.8) is 0 Å². The smallest absolute Gasteiger partial charge is 0.243 e. The molecular weight excluding hydrogens is 328 g/mol. The van der Waals surface area contributed by atoms with Crippen LogP contribution >= 0.6 is 0 Å². The van der Waals surface area contributed by atoms with Crippen molar-refractivity contribution in [1.82, 2.24) is 9.62 Å². The molecule has 0 unspecified atom stereocenters. The Bertz CT molecular complexity index is 717. The molecule has 24 heavy (non-hydrogen) atoms. The fraction of sp³-hybridized carbons (Fsp3) is 0.412. The van der Waals surface area contributed by atoms with Crippen molar-refractivity contribution in [3.05, 3.63) is 42.5 Å². The number of sulfonamides is 1. The lowest BCUT2D eigenvalue weighted by Crippen LogP contribution is -2.43. The molecule has 1 aromatic carbocycles. The molecule has 0 atom stereocenters. The summed E-state index contributed by atoms with van der Waals surface area (Å²) in [6.07, 6.45) is 2.60. The number of Topliss-reactive ketones (excluding diaryl/α,β-unsaturated/α-hetero) is 1. The van der Waals surface area contributed by atoms with E-state index in [4.69, 9.17) is 0 Å².